The van der Waals surface area contributed by atoms with E-state index in [1.807, 2.05) is 12.1 Å². The Kier molecular flexibility index (Phi) is 8.02. The van der Waals surface area contributed by atoms with Crippen LogP contribution < -0.4 is 0 Å². The van der Waals surface area contributed by atoms with E-state index in [2.05, 4.69) is 22.5 Å². The van der Waals surface area contributed by atoms with Crippen molar-refractivity contribution in [2.75, 3.05) is 26.8 Å². The fraction of sp³-hybridized carbons (Fsp3) is 0.391. The van der Waals surface area contributed by atoms with Crippen LogP contribution in [-0.4, -0.2) is 43.6 Å². The molecule has 0 spiro atoms. The first kappa shape index (κ1) is 21.3. The summed E-state index contributed by atoms with van der Waals surface area (Å²) >= 11 is 1.68. The summed E-state index contributed by atoms with van der Waals surface area (Å²) in [6.07, 6.45) is 5.24. The zero-order valence-corrected chi connectivity index (χ0v) is 17.7. The Morgan fingerprint density at radius 3 is 2.52 bits per heavy atom. The third-order valence-electron chi connectivity index (χ3n) is 4.78. The maximum atomic E-state index is 12.0. The third-order valence-corrected chi connectivity index (χ3v) is 5.84. The highest BCUT2D eigenvalue weighted by Gasteiger charge is 2.14. The largest absolute Gasteiger partial charge is 0.480 e. The number of esters is 1. The Labute approximate surface area is 176 Å². The normalized spacial score (nSPS) is 15.6. The van der Waals surface area contributed by atoms with Gasteiger partial charge in [0.25, 0.3) is 0 Å². The summed E-state index contributed by atoms with van der Waals surface area (Å²) < 4.78 is 10.8. The molecule has 3 rings (SSSR count). The molecule has 29 heavy (non-hydrogen) atoms. The van der Waals surface area contributed by atoms with Gasteiger partial charge >= 0.3 is 5.97 Å². The average Bonchev–Trinajstić information content (AvgIpc) is 3.05. The second kappa shape index (κ2) is 10.9. The monoisotopic (exact) mass is 412 g/mol. The van der Waals surface area contributed by atoms with Crippen molar-refractivity contribution in [2.24, 2.45) is 4.99 Å². The highest BCUT2D eigenvalue weighted by Crippen LogP contribution is 2.22. The van der Waals surface area contributed by atoms with Crippen molar-refractivity contribution in [1.82, 2.24) is 4.90 Å². The predicted molar refractivity (Wildman–Crippen MR) is 117 cm³/mol. The molecule has 1 aromatic carbocycles. The van der Waals surface area contributed by atoms with Gasteiger partial charge in [-0.2, -0.15) is 0 Å². The van der Waals surface area contributed by atoms with Crippen molar-refractivity contribution < 1.29 is 14.3 Å². The molecule has 2 aromatic rings. The number of ether oxygens (including phenoxy) is 2. The number of rotatable bonds is 7. The zero-order chi connectivity index (χ0) is 20.5. The molecule has 1 saturated heterocycles. The van der Waals surface area contributed by atoms with E-state index in [1.54, 1.807) is 42.7 Å². The van der Waals surface area contributed by atoms with Crippen LogP contribution in [-0.2, 0) is 16.0 Å². The van der Waals surface area contributed by atoms with Crippen molar-refractivity contribution in [3.05, 3.63) is 70.1 Å². The van der Waals surface area contributed by atoms with Crippen molar-refractivity contribution in [2.45, 2.75) is 32.2 Å². The lowest BCUT2D eigenvalue weighted by atomic mass is 10.2. The second-order valence-corrected chi connectivity index (χ2v) is 8.25. The number of hydrogen-bond acceptors (Lipinski definition) is 6. The highest BCUT2D eigenvalue weighted by atomic mass is 32.1. The van der Waals surface area contributed by atoms with Crippen molar-refractivity contribution in [3.63, 3.8) is 0 Å². The number of aliphatic imine (C=N–C) groups is 1. The van der Waals surface area contributed by atoms with Gasteiger partial charge in [-0.05, 0) is 50.2 Å². The Morgan fingerprint density at radius 2 is 1.83 bits per heavy atom. The van der Waals surface area contributed by atoms with Gasteiger partial charge in [-0.3, -0.25) is 4.90 Å². The topological polar surface area (TPSA) is 51.1 Å². The molecule has 5 nitrogen and oxygen atoms in total. The summed E-state index contributed by atoms with van der Waals surface area (Å²) in [5.74, 6) is 0.106. The summed E-state index contributed by atoms with van der Waals surface area (Å²) in [7, 11) is 1.59. The Morgan fingerprint density at radius 1 is 1.10 bits per heavy atom. The molecule has 154 valence electrons. The Hall–Kier alpha value is -2.44. The molecule has 1 aliphatic heterocycles. The van der Waals surface area contributed by atoms with E-state index in [1.165, 1.54) is 43.6 Å². The van der Waals surface area contributed by atoms with Gasteiger partial charge in [0.1, 0.15) is 6.61 Å². The molecule has 6 heteroatoms. The first-order chi connectivity index (χ1) is 14.2. The number of carbonyl (C=O) groups is 1. The van der Waals surface area contributed by atoms with Crippen LogP contribution in [0.5, 0.6) is 0 Å². The van der Waals surface area contributed by atoms with Crippen molar-refractivity contribution in [1.29, 1.82) is 0 Å². The Balaban J connectivity index is 1.56. The minimum atomic E-state index is -0.392. The molecule has 1 fully saturated rings. The number of hydrogen-bond donors (Lipinski definition) is 0. The van der Waals surface area contributed by atoms with Crippen LogP contribution >= 0.6 is 11.3 Å². The van der Waals surface area contributed by atoms with Gasteiger partial charge in [-0.25, -0.2) is 9.79 Å². The number of thiophene rings is 1. The van der Waals surface area contributed by atoms with E-state index >= 15 is 0 Å². The van der Waals surface area contributed by atoms with E-state index in [-0.39, 0.29) is 6.61 Å². The molecular weight excluding hydrogens is 384 g/mol. The first-order valence-electron chi connectivity index (χ1n) is 10.00. The predicted octanol–water partition coefficient (Wildman–Crippen LogP) is 4.89. The van der Waals surface area contributed by atoms with Crippen molar-refractivity contribution in [3.8, 4) is 0 Å². The van der Waals surface area contributed by atoms with Gasteiger partial charge in [0.15, 0.2) is 0 Å². The zero-order valence-electron chi connectivity index (χ0n) is 16.9. The van der Waals surface area contributed by atoms with Crippen LogP contribution in [0.4, 0.5) is 0 Å². The van der Waals surface area contributed by atoms with E-state index < -0.39 is 5.97 Å². The second-order valence-electron chi connectivity index (χ2n) is 7.09. The number of methoxy groups -OCH3 is 1. The van der Waals surface area contributed by atoms with Gasteiger partial charge in [0.2, 0.25) is 5.90 Å². The summed E-state index contributed by atoms with van der Waals surface area (Å²) in [5, 5.41) is 0. The summed E-state index contributed by atoms with van der Waals surface area (Å²) in [6.45, 7) is 7.22. The molecule has 0 aliphatic carbocycles. The van der Waals surface area contributed by atoms with Gasteiger partial charge in [-0.1, -0.05) is 37.6 Å². The van der Waals surface area contributed by atoms with Crippen LogP contribution in [0.1, 0.15) is 45.8 Å². The summed E-state index contributed by atoms with van der Waals surface area (Å²) in [5.41, 5.74) is 0.946. The number of carbonyl (C=O) groups excluding carboxylic acids is 1. The molecule has 0 amide bonds. The maximum Gasteiger partial charge on any atom is 0.338 e. The Bertz CT molecular complexity index is 837. The fourth-order valence-electron chi connectivity index (χ4n) is 3.28. The smallest absolute Gasteiger partial charge is 0.338 e. The number of benzene rings is 1. The summed E-state index contributed by atoms with van der Waals surface area (Å²) in [4.78, 5) is 21.2. The molecule has 1 aliphatic rings. The number of likely N-dealkylation sites (tertiary alicyclic amines) is 1. The lowest BCUT2D eigenvalue weighted by molar-refractivity contribution is 0.0539. The van der Waals surface area contributed by atoms with E-state index in [0.29, 0.717) is 17.2 Å². The minimum Gasteiger partial charge on any atom is -0.480 e. The molecule has 2 heterocycles. The van der Waals surface area contributed by atoms with Crippen LogP contribution in [0.3, 0.4) is 0 Å². The van der Waals surface area contributed by atoms with E-state index in [4.69, 9.17) is 9.47 Å². The third kappa shape index (κ3) is 6.54. The maximum absolute atomic E-state index is 12.0. The first-order valence-corrected chi connectivity index (χ1v) is 10.8. The SMILES string of the molecule is C=C(COC(=O)c1ccccc1)N=C(OC)c1ccc(CN2CCCCCC2)s1. The molecule has 0 bridgehead atoms. The van der Waals surface area contributed by atoms with E-state index in [9.17, 15) is 4.79 Å². The quantitative estimate of drug-likeness (QED) is 0.369. The molecule has 1 aromatic heterocycles. The standard InChI is InChI=1S/C23H28N2O3S/c1-18(17-28-23(26)19-10-6-5-7-11-19)24-22(27-2)21-13-12-20(29-21)16-25-14-8-3-4-9-15-25/h5-7,10-13H,1,3-4,8-9,14-17H2,2H3. The minimum absolute atomic E-state index is 0.0204. The van der Waals surface area contributed by atoms with Gasteiger partial charge < -0.3 is 9.47 Å². The molecule has 0 saturated carbocycles. The van der Waals surface area contributed by atoms with Crippen LogP contribution in [0.2, 0.25) is 0 Å². The highest BCUT2D eigenvalue weighted by molar-refractivity contribution is 7.14. The fourth-order valence-corrected chi connectivity index (χ4v) is 4.29. The molecule has 0 unspecified atom stereocenters. The van der Waals surface area contributed by atoms with Crippen LogP contribution in [0.15, 0.2) is 59.7 Å². The average molecular weight is 413 g/mol. The van der Waals surface area contributed by atoms with Crippen molar-refractivity contribution >= 4 is 23.2 Å². The van der Waals surface area contributed by atoms with E-state index in [0.717, 1.165) is 11.4 Å². The molecular formula is C23H28N2O3S. The lowest BCUT2D eigenvalue weighted by Crippen LogP contribution is -2.23. The van der Waals surface area contributed by atoms with Crippen LogP contribution in [0, 0.1) is 0 Å². The molecule has 0 radical (unpaired) electrons. The molecule has 0 atom stereocenters. The van der Waals surface area contributed by atoms with Gasteiger partial charge in [0.05, 0.1) is 23.2 Å². The van der Waals surface area contributed by atoms with Gasteiger partial charge in [-0.15, -0.1) is 11.3 Å². The van der Waals surface area contributed by atoms with Crippen LogP contribution in [0.25, 0.3) is 0 Å². The molecule has 0 N–H and O–H groups in total. The summed E-state index contributed by atoms with van der Waals surface area (Å²) in [6, 6.07) is 13.0. The number of nitrogens with zero attached hydrogens (tertiary/aromatic N) is 2. The van der Waals surface area contributed by atoms with Gasteiger partial charge in [0, 0.05) is 11.4 Å². The lowest BCUT2D eigenvalue weighted by Gasteiger charge is -2.18.